The van der Waals surface area contributed by atoms with Crippen molar-refractivity contribution in [3.05, 3.63) is 83.9 Å². The first-order valence-electron chi connectivity index (χ1n) is 8.39. The zero-order chi connectivity index (χ0) is 15.7. The molecule has 0 heteroatoms. The minimum absolute atomic E-state index is 1.31. The molecule has 1 aliphatic carbocycles. The summed E-state index contributed by atoms with van der Waals surface area (Å²) >= 11 is 0. The Kier molecular flexibility index (Phi) is 2.18. The number of fused-ring (bicyclic) bond motifs is 10. The molecule has 6 rings (SSSR count). The maximum Gasteiger partial charge on any atom is -0.00141 e. The molecule has 0 heterocycles. The molecule has 0 saturated heterocycles. The Morgan fingerprint density at radius 1 is 0.375 bits per heavy atom. The van der Waals surface area contributed by atoms with E-state index in [9.17, 15) is 0 Å². The average Bonchev–Trinajstić information content (AvgIpc) is 2.60. The Bertz CT molecular complexity index is 1230. The van der Waals surface area contributed by atoms with E-state index in [2.05, 4.69) is 84.9 Å². The summed E-state index contributed by atoms with van der Waals surface area (Å²) in [6, 6.07) is 26.6. The highest BCUT2D eigenvalue weighted by molar-refractivity contribution is 6.32. The molecule has 0 nitrogen and oxygen atoms in total. The molecule has 0 amide bonds. The fourth-order valence-corrected chi connectivity index (χ4v) is 4.25. The van der Waals surface area contributed by atoms with Crippen molar-refractivity contribution < 1.29 is 0 Å². The van der Waals surface area contributed by atoms with Crippen molar-refractivity contribution in [2.75, 3.05) is 0 Å². The second-order valence-corrected chi connectivity index (χ2v) is 6.58. The zero-order valence-electron chi connectivity index (χ0n) is 13.1. The fourth-order valence-electron chi connectivity index (χ4n) is 4.25. The van der Waals surface area contributed by atoms with Crippen molar-refractivity contribution in [1.82, 2.24) is 0 Å². The van der Waals surface area contributed by atoms with Crippen LogP contribution in [0.15, 0.2) is 72.8 Å². The molecule has 0 spiro atoms. The summed E-state index contributed by atoms with van der Waals surface area (Å²) in [6.07, 6.45) is 4.50. The fraction of sp³-hybridized carbons (Fsp3) is 0. The normalized spacial score (nSPS) is 12.8. The molecule has 0 atom stereocenters. The molecule has 0 unspecified atom stereocenters. The number of rotatable bonds is 0. The van der Waals surface area contributed by atoms with E-state index < -0.39 is 0 Å². The summed E-state index contributed by atoms with van der Waals surface area (Å²) in [7, 11) is 0. The van der Waals surface area contributed by atoms with Crippen LogP contribution in [0.25, 0.3) is 55.2 Å². The van der Waals surface area contributed by atoms with Crippen LogP contribution in [0, 0.1) is 0 Å². The molecule has 0 aromatic heterocycles. The van der Waals surface area contributed by atoms with E-state index >= 15 is 0 Å². The Hall–Kier alpha value is -3.12. The second kappa shape index (κ2) is 4.24. The molecular formula is C24H14. The van der Waals surface area contributed by atoms with Crippen LogP contribution in [0.1, 0.15) is 11.1 Å². The Labute approximate surface area is 139 Å². The molecule has 1 aliphatic rings. The predicted octanol–water partition coefficient (Wildman–Crippen LogP) is 6.78. The van der Waals surface area contributed by atoms with Gasteiger partial charge in [0, 0.05) is 0 Å². The van der Waals surface area contributed by atoms with E-state index in [0.717, 1.165) is 0 Å². The van der Waals surface area contributed by atoms with Gasteiger partial charge >= 0.3 is 0 Å². The van der Waals surface area contributed by atoms with E-state index in [1.54, 1.807) is 0 Å². The highest BCUT2D eigenvalue weighted by Crippen LogP contribution is 2.44. The van der Waals surface area contributed by atoms with Gasteiger partial charge in [-0.1, -0.05) is 84.9 Å². The summed E-state index contributed by atoms with van der Waals surface area (Å²) in [5.74, 6) is 0. The first-order chi connectivity index (χ1) is 11.9. The SMILES string of the molecule is C1=Cc2c1c1ccc3ccccc3c1c1c2ccc2ccccc21. The summed E-state index contributed by atoms with van der Waals surface area (Å²) in [6.45, 7) is 0. The van der Waals surface area contributed by atoms with E-state index in [-0.39, 0.29) is 0 Å². The summed E-state index contributed by atoms with van der Waals surface area (Å²) in [5.41, 5.74) is 2.78. The zero-order valence-corrected chi connectivity index (χ0v) is 13.1. The van der Waals surface area contributed by atoms with Crippen LogP contribution in [0.3, 0.4) is 0 Å². The van der Waals surface area contributed by atoms with E-state index in [4.69, 9.17) is 0 Å². The Morgan fingerprint density at radius 3 is 1.29 bits per heavy atom. The van der Waals surface area contributed by atoms with Crippen LogP contribution < -0.4 is 0 Å². The lowest BCUT2D eigenvalue weighted by Crippen LogP contribution is -1.96. The summed E-state index contributed by atoms with van der Waals surface area (Å²) in [4.78, 5) is 0. The number of benzene rings is 5. The van der Waals surface area contributed by atoms with E-state index in [1.165, 1.54) is 54.2 Å². The standard InChI is InChI=1S/C24H14/c1-3-7-17-15(5-1)9-11-21-19-13-14-20(19)22-12-10-16-6-2-4-8-18(16)24(22)23(17)21/h1-14H. The molecule has 110 valence electrons. The van der Waals surface area contributed by atoms with E-state index in [0.29, 0.717) is 0 Å². The van der Waals surface area contributed by atoms with E-state index in [1.807, 2.05) is 0 Å². The van der Waals surface area contributed by atoms with Gasteiger partial charge in [-0.25, -0.2) is 0 Å². The van der Waals surface area contributed by atoms with Crippen LogP contribution in [0.2, 0.25) is 0 Å². The molecule has 0 radical (unpaired) electrons. The molecule has 0 bridgehead atoms. The van der Waals surface area contributed by atoms with Gasteiger partial charge in [-0.15, -0.1) is 0 Å². The molecule has 5 aromatic carbocycles. The van der Waals surface area contributed by atoms with Crippen molar-refractivity contribution in [3.63, 3.8) is 0 Å². The number of hydrogen-bond acceptors (Lipinski definition) is 0. The van der Waals surface area contributed by atoms with Gasteiger partial charge in [0.05, 0.1) is 0 Å². The third-order valence-electron chi connectivity index (χ3n) is 5.40. The topological polar surface area (TPSA) is 0 Å². The third-order valence-corrected chi connectivity index (χ3v) is 5.40. The molecular weight excluding hydrogens is 288 g/mol. The molecule has 0 aliphatic heterocycles. The summed E-state index contributed by atoms with van der Waals surface area (Å²) in [5, 5.41) is 10.8. The predicted molar refractivity (Wildman–Crippen MR) is 105 cm³/mol. The minimum atomic E-state index is 1.31. The van der Waals surface area contributed by atoms with Crippen LogP contribution in [-0.2, 0) is 0 Å². The minimum Gasteiger partial charge on any atom is -0.0616 e. The van der Waals surface area contributed by atoms with Gasteiger partial charge in [-0.2, -0.15) is 0 Å². The molecule has 24 heavy (non-hydrogen) atoms. The average molecular weight is 302 g/mol. The van der Waals surface area contributed by atoms with Gasteiger partial charge in [0.25, 0.3) is 0 Å². The van der Waals surface area contributed by atoms with Crippen LogP contribution in [0.5, 0.6) is 0 Å². The first-order valence-corrected chi connectivity index (χ1v) is 8.39. The Morgan fingerprint density at radius 2 is 0.833 bits per heavy atom. The van der Waals surface area contributed by atoms with Crippen molar-refractivity contribution in [1.29, 1.82) is 0 Å². The van der Waals surface area contributed by atoms with Crippen LogP contribution in [0.4, 0.5) is 0 Å². The monoisotopic (exact) mass is 302 g/mol. The molecule has 0 N–H and O–H groups in total. The lowest BCUT2D eigenvalue weighted by Gasteiger charge is -2.20. The van der Waals surface area contributed by atoms with Crippen LogP contribution in [-0.4, -0.2) is 0 Å². The molecule has 5 aromatic rings. The van der Waals surface area contributed by atoms with Gasteiger partial charge in [0.1, 0.15) is 0 Å². The van der Waals surface area contributed by atoms with Crippen molar-refractivity contribution in [3.8, 4) is 0 Å². The molecule has 0 saturated carbocycles. The van der Waals surface area contributed by atoms with Gasteiger partial charge in [-0.05, 0) is 54.2 Å². The Balaban J connectivity index is 2.05. The third kappa shape index (κ3) is 1.39. The van der Waals surface area contributed by atoms with Crippen molar-refractivity contribution in [2.45, 2.75) is 0 Å². The van der Waals surface area contributed by atoms with Crippen molar-refractivity contribution in [2.24, 2.45) is 0 Å². The second-order valence-electron chi connectivity index (χ2n) is 6.58. The lowest BCUT2D eigenvalue weighted by atomic mass is 9.83. The lowest BCUT2D eigenvalue weighted by molar-refractivity contribution is 1.70. The van der Waals surface area contributed by atoms with Crippen molar-refractivity contribution >= 4 is 55.2 Å². The molecule has 0 fully saturated rings. The van der Waals surface area contributed by atoms with Gasteiger partial charge in [0.15, 0.2) is 0 Å². The quantitative estimate of drug-likeness (QED) is 0.271. The summed E-state index contributed by atoms with van der Waals surface area (Å²) < 4.78 is 0. The van der Waals surface area contributed by atoms with Gasteiger partial charge < -0.3 is 0 Å². The maximum absolute atomic E-state index is 2.29. The van der Waals surface area contributed by atoms with Crippen LogP contribution >= 0.6 is 0 Å². The smallest absolute Gasteiger partial charge is 0.00141 e. The maximum atomic E-state index is 2.29. The highest BCUT2D eigenvalue weighted by Gasteiger charge is 2.18. The number of hydrogen-bond donors (Lipinski definition) is 0. The largest absolute Gasteiger partial charge is 0.0616 e. The van der Waals surface area contributed by atoms with Gasteiger partial charge in [-0.3, -0.25) is 0 Å². The highest BCUT2D eigenvalue weighted by atomic mass is 14.2. The first kappa shape index (κ1) is 12.3. The van der Waals surface area contributed by atoms with Gasteiger partial charge in [0.2, 0.25) is 0 Å².